The Labute approximate surface area is 129 Å². The van der Waals surface area contributed by atoms with Gasteiger partial charge in [0.25, 0.3) is 0 Å². The molecular weight excluding hydrogens is 284 g/mol. The van der Waals surface area contributed by atoms with Gasteiger partial charge in [0.15, 0.2) is 11.5 Å². The van der Waals surface area contributed by atoms with Crippen LogP contribution in [0.4, 0.5) is 0 Å². The molecule has 2 aromatic rings. The Balaban J connectivity index is 2.11. The highest BCUT2D eigenvalue weighted by molar-refractivity contribution is 5.89. The SMILES string of the molecule is COc1cc(C)c(COC(=O)c2ccc(O)cc2)cc1OC. The molecule has 0 radical (unpaired) electrons. The molecule has 0 bridgehead atoms. The average Bonchev–Trinajstić information content (AvgIpc) is 2.53. The number of rotatable bonds is 5. The molecule has 0 saturated carbocycles. The highest BCUT2D eigenvalue weighted by atomic mass is 16.5. The molecule has 5 nitrogen and oxygen atoms in total. The Kier molecular flexibility index (Phi) is 4.88. The molecule has 0 saturated heterocycles. The van der Waals surface area contributed by atoms with Crippen molar-refractivity contribution in [2.45, 2.75) is 13.5 Å². The van der Waals surface area contributed by atoms with Gasteiger partial charge in [-0.2, -0.15) is 0 Å². The number of benzene rings is 2. The lowest BCUT2D eigenvalue weighted by atomic mass is 10.1. The van der Waals surface area contributed by atoms with E-state index in [-0.39, 0.29) is 12.4 Å². The standard InChI is InChI=1S/C17H18O5/c1-11-8-15(20-2)16(21-3)9-13(11)10-22-17(19)12-4-6-14(18)7-5-12/h4-9,18H,10H2,1-3H3. The van der Waals surface area contributed by atoms with Crippen LogP contribution in [-0.2, 0) is 11.3 Å². The van der Waals surface area contributed by atoms with Crippen LogP contribution in [0.15, 0.2) is 36.4 Å². The number of carbonyl (C=O) groups is 1. The first-order chi connectivity index (χ1) is 10.5. The lowest BCUT2D eigenvalue weighted by Crippen LogP contribution is -2.06. The molecule has 0 aliphatic carbocycles. The third-order valence-corrected chi connectivity index (χ3v) is 3.30. The van der Waals surface area contributed by atoms with Crippen LogP contribution in [0.25, 0.3) is 0 Å². The Morgan fingerprint density at radius 2 is 1.64 bits per heavy atom. The number of esters is 1. The number of phenolic OH excluding ortho intramolecular Hbond substituents is 1. The summed E-state index contributed by atoms with van der Waals surface area (Å²) in [5, 5.41) is 9.21. The van der Waals surface area contributed by atoms with E-state index in [0.717, 1.165) is 11.1 Å². The molecule has 0 fully saturated rings. The van der Waals surface area contributed by atoms with Crippen molar-refractivity contribution in [2.24, 2.45) is 0 Å². The monoisotopic (exact) mass is 302 g/mol. The van der Waals surface area contributed by atoms with E-state index in [4.69, 9.17) is 14.2 Å². The van der Waals surface area contributed by atoms with E-state index >= 15 is 0 Å². The Hall–Kier alpha value is -2.69. The van der Waals surface area contributed by atoms with Gasteiger partial charge in [0, 0.05) is 0 Å². The summed E-state index contributed by atoms with van der Waals surface area (Å²) < 4.78 is 15.8. The van der Waals surface area contributed by atoms with E-state index in [1.807, 2.05) is 13.0 Å². The summed E-state index contributed by atoms with van der Waals surface area (Å²) in [7, 11) is 3.13. The number of hydrogen-bond donors (Lipinski definition) is 1. The van der Waals surface area contributed by atoms with E-state index in [1.165, 1.54) is 24.3 Å². The molecule has 22 heavy (non-hydrogen) atoms. The number of ether oxygens (including phenoxy) is 3. The second-order valence-electron chi connectivity index (χ2n) is 4.76. The zero-order valence-corrected chi connectivity index (χ0v) is 12.8. The van der Waals surface area contributed by atoms with Gasteiger partial charge in [-0.3, -0.25) is 0 Å². The maximum atomic E-state index is 12.0. The third kappa shape index (κ3) is 3.49. The zero-order chi connectivity index (χ0) is 16.1. The predicted octanol–water partition coefficient (Wildman–Crippen LogP) is 3.07. The number of hydrogen-bond acceptors (Lipinski definition) is 5. The van der Waals surface area contributed by atoms with Gasteiger partial charge in [-0.05, 0) is 54.4 Å². The smallest absolute Gasteiger partial charge is 0.338 e. The van der Waals surface area contributed by atoms with Crippen LogP contribution in [0.2, 0.25) is 0 Å². The molecule has 2 aromatic carbocycles. The molecule has 0 atom stereocenters. The van der Waals surface area contributed by atoms with Gasteiger partial charge < -0.3 is 19.3 Å². The Morgan fingerprint density at radius 1 is 1.05 bits per heavy atom. The van der Waals surface area contributed by atoms with Crippen molar-refractivity contribution in [3.05, 3.63) is 53.1 Å². The Bertz CT molecular complexity index is 661. The molecular formula is C17H18O5. The molecule has 5 heteroatoms. The summed E-state index contributed by atoms with van der Waals surface area (Å²) in [6, 6.07) is 9.54. The topological polar surface area (TPSA) is 65.0 Å². The molecule has 0 aliphatic rings. The van der Waals surface area contributed by atoms with Gasteiger partial charge >= 0.3 is 5.97 Å². The van der Waals surface area contributed by atoms with Crippen LogP contribution in [0.1, 0.15) is 21.5 Å². The number of phenols is 1. The molecule has 0 amide bonds. The lowest BCUT2D eigenvalue weighted by molar-refractivity contribution is 0.0472. The number of carbonyl (C=O) groups excluding carboxylic acids is 1. The van der Waals surface area contributed by atoms with Crippen LogP contribution in [-0.4, -0.2) is 25.3 Å². The fraction of sp³-hybridized carbons (Fsp3) is 0.235. The number of aromatic hydroxyl groups is 1. The summed E-state index contributed by atoms with van der Waals surface area (Å²) >= 11 is 0. The van der Waals surface area contributed by atoms with Gasteiger partial charge in [0.1, 0.15) is 12.4 Å². The largest absolute Gasteiger partial charge is 0.508 e. The van der Waals surface area contributed by atoms with Gasteiger partial charge in [-0.1, -0.05) is 0 Å². The lowest BCUT2D eigenvalue weighted by Gasteiger charge is -2.13. The maximum Gasteiger partial charge on any atom is 0.338 e. The van der Waals surface area contributed by atoms with Crippen LogP contribution in [0, 0.1) is 6.92 Å². The minimum atomic E-state index is -0.450. The van der Waals surface area contributed by atoms with Gasteiger partial charge in [0.05, 0.1) is 19.8 Å². The molecule has 0 spiro atoms. The van der Waals surface area contributed by atoms with Gasteiger partial charge in [-0.15, -0.1) is 0 Å². The third-order valence-electron chi connectivity index (χ3n) is 3.30. The van der Waals surface area contributed by atoms with E-state index in [2.05, 4.69) is 0 Å². The first kappa shape index (κ1) is 15.7. The quantitative estimate of drug-likeness (QED) is 0.860. The highest BCUT2D eigenvalue weighted by Gasteiger charge is 2.12. The summed E-state index contributed by atoms with van der Waals surface area (Å²) in [6.07, 6.45) is 0. The van der Waals surface area contributed by atoms with Gasteiger partial charge in [0.2, 0.25) is 0 Å². The first-order valence-corrected chi connectivity index (χ1v) is 6.72. The zero-order valence-electron chi connectivity index (χ0n) is 12.8. The molecule has 0 aromatic heterocycles. The first-order valence-electron chi connectivity index (χ1n) is 6.72. The summed E-state index contributed by atoms with van der Waals surface area (Å²) in [5.41, 5.74) is 2.16. The summed E-state index contributed by atoms with van der Waals surface area (Å²) in [5.74, 6) is 0.874. The van der Waals surface area contributed by atoms with Crippen molar-refractivity contribution in [3.63, 3.8) is 0 Å². The van der Waals surface area contributed by atoms with E-state index in [9.17, 15) is 9.90 Å². The molecule has 0 aliphatic heterocycles. The van der Waals surface area contributed by atoms with Gasteiger partial charge in [-0.25, -0.2) is 4.79 Å². The van der Waals surface area contributed by atoms with Crippen molar-refractivity contribution < 1.29 is 24.1 Å². The average molecular weight is 302 g/mol. The van der Waals surface area contributed by atoms with E-state index in [1.54, 1.807) is 20.3 Å². The van der Waals surface area contributed by atoms with Crippen LogP contribution in [0.3, 0.4) is 0 Å². The van der Waals surface area contributed by atoms with Crippen LogP contribution in [0.5, 0.6) is 17.2 Å². The molecule has 1 N–H and O–H groups in total. The molecule has 116 valence electrons. The van der Waals surface area contributed by atoms with E-state index < -0.39 is 5.97 Å². The second kappa shape index (κ2) is 6.85. The Morgan fingerprint density at radius 3 is 2.23 bits per heavy atom. The minimum Gasteiger partial charge on any atom is -0.508 e. The summed E-state index contributed by atoms with van der Waals surface area (Å²) in [4.78, 5) is 12.0. The fourth-order valence-electron chi connectivity index (χ4n) is 2.00. The number of aryl methyl sites for hydroxylation is 1. The molecule has 0 heterocycles. The normalized spacial score (nSPS) is 10.1. The second-order valence-corrected chi connectivity index (χ2v) is 4.76. The number of methoxy groups -OCH3 is 2. The highest BCUT2D eigenvalue weighted by Crippen LogP contribution is 2.30. The van der Waals surface area contributed by atoms with Crippen molar-refractivity contribution in [1.82, 2.24) is 0 Å². The van der Waals surface area contributed by atoms with Crippen LogP contribution < -0.4 is 9.47 Å². The maximum absolute atomic E-state index is 12.0. The van der Waals surface area contributed by atoms with Crippen molar-refractivity contribution in [3.8, 4) is 17.2 Å². The van der Waals surface area contributed by atoms with Crippen molar-refractivity contribution >= 4 is 5.97 Å². The van der Waals surface area contributed by atoms with E-state index in [0.29, 0.717) is 17.1 Å². The van der Waals surface area contributed by atoms with Crippen molar-refractivity contribution in [2.75, 3.05) is 14.2 Å². The molecule has 2 rings (SSSR count). The minimum absolute atomic E-state index is 0.104. The fourth-order valence-corrected chi connectivity index (χ4v) is 2.00. The molecule has 0 unspecified atom stereocenters. The van der Waals surface area contributed by atoms with Crippen LogP contribution >= 0.6 is 0 Å². The van der Waals surface area contributed by atoms with Crippen molar-refractivity contribution in [1.29, 1.82) is 0 Å². The predicted molar refractivity (Wildman–Crippen MR) is 81.5 cm³/mol. The summed E-state index contributed by atoms with van der Waals surface area (Å²) in [6.45, 7) is 2.04.